The monoisotopic (exact) mass is 287 g/mol. The molecule has 0 heterocycles. The predicted molar refractivity (Wildman–Crippen MR) is 82.4 cm³/mol. The maximum Gasteiger partial charge on any atom is 0.124 e. The van der Waals surface area contributed by atoms with Gasteiger partial charge in [0, 0.05) is 16.2 Å². The fraction of sp³-hybridized carbons (Fsp3) is 0.294. The van der Waals surface area contributed by atoms with E-state index in [1.165, 1.54) is 17.2 Å². The molecule has 3 unspecified atom stereocenters. The van der Waals surface area contributed by atoms with Gasteiger partial charge >= 0.3 is 0 Å². The molecule has 0 saturated heterocycles. The Morgan fingerprint density at radius 2 is 1.85 bits per heavy atom. The van der Waals surface area contributed by atoms with Crippen LogP contribution in [-0.4, -0.2) is 5.25 Å². The van der Waals surface area contributed by atoms with E-state index in [0.29, 0.717) is 11.2 Å². The van der Waals surface area contributed by atoms with E-state index >= 15 is 0 Å². The lowest BCUT2D eigenvalue weighted by Gasteiger charge is -2.34. The highest BCUT2D eigenvalue weighted by Gasteiger charge is 2.31. The Morgan fingerprint density at radius 3 is 2.60 bits per heavy atom. The lowest BCUT2D eigenvalue weighted by molar-refractivity contribution is 0.527. The molecule has 1 aliphatic rings. The number of hydrogen-bond acceptors (Lipinski definition) is 2. The maximum absolute atomic E-state index is 13.3. The first kappa shape index (κ1) is 13.7. The quantitative estimate of drug-likeness (QED) is 0.880. The van der Waals surface area contributed by atoms with Gasteiger partial charge in [0.15, 0.2) is 0 Å². The van der Waals surface area contributed by atoms with Gasteiger partial charge in [0.25, 0.3) is 0 Å². The van der Waals surface area contributed by atoms with Crippen molar-refractivity contribution >= 4 is 11.8 Å². The van der Waals surface area contributed by atoms with Crippen LogP contribution in [0.1, 0.15) is 36.4 Å². The van der Waals surface area contributed by atoms with E-state index in [9.17, 15) is 4.39 Å². The van der Waals surface area contributed by atoms with E-state index in [2.05, 4.69) is 25.1 Å². The lowest BCUT2D eigenvalue weighted by Crippen LogP contribution is -2.30. The summed E-state index contributed by atoms with van der Waals surface area (Å²) in [6.45, 7) is 2.24. The summed E-state index contributed by atoms with van der Waals surface area (Å²) >= 11 is 1.69. The highest BCUT2D eigenvalue weighted by molar-refractivity contribution is 8.00. The van der Waals surface area contributed by atoms with Crippen LogP contribution in [0, 0.1) is 5.82 Å². The number of hydrogen-bond donors (Lipinski definition) is 1. The minimum Gasteiger partial charge on any atom is -0.323 e. The van der Waals surface area contributed by atoms with Gasteiger partial charge < -0.3 is 5.73 Å². The molecule has 3 rings (SSSR count). The van der Waals surface area contributed by atoms with Gasteiger partial charge in [0.1, 0.15) is 5.82 Å². The van der Waals surface area contributed by atoms with Crippen molar-refractivity contribution < 1.29 is 4.39 Å². The molecule has 2 N–H and O–H groups in total. The summed E-state index contributed by atoms with van der Waals surface area (Å²) in [7, 11) is 0. The van der Waals surface area contributed by atoms with Crippen LogP contribution in [-0.2, 0) is 0 Å². The molecule has 0 bridgehead atoms. The molecule has 1 aliphatic carbocycles. The zero-order valence-electron chi connectivity index (χ0n) is 11.4. The standard InChI is InChI=1S/C17H18FNS/c1-11-9-16(20-13-6-4-5-12(18)10-13)17(19)15-8-3-2-7-14(11)15/h2-8,10-11,16-17H,9,19H2,1H3. The third-order valence-corrected chi connectivity index (χ3v) is 5.27. The summed E-state index contributed by atoms with van der Waals surface area (Å²) in [5.74, 6) is 0.310. The Morgan fingerprint density at radius 1 is 1.10 bits per heavy atom. The van der Waals surface area contributed by atoms with Crippen molar-refractivity contribution in [1.29, 1.82) is 0 Å². The van der Waals surface area contributed by atoms with Gasteiger partial charge in [-0.3, -0.25) is 0 Å². The molecule has 0 aromatic heterocycles. The topological polar surface area (TPSA) is 26.0 Å². The average Bonchev–Trinajstić information content (AvgIpc) is 2.45. The third-order valence-electron chi connectivity index (χ3n) is 3.96. The Hall–Kier alpha value is -1.32. The summed E-state index contributed by atoms with van der Waals surface area (Å²) in [4.78, 5) is 0.956. The molecule has 0 spiro atoms. The smallest absolute Gasteiger partial charge is 0.124 e. The van der Waals surface area contributed by atoms with Crippen molar-refractivity contribution in [2.75, 3.05) is 0 Å². The molecule has 0 amide bonds. The number of halogens is 1. The molecule has 0 fully saturated rings. The van der Waals surface area contributed by atoms with Gasteiger partial charge in [0.2, 0.25) is 0 Å². The second kappa shape index (κ2) is 5.58. The minimum absolute atomic E-state index is 0.00988. The Balaban J connectivity index is 1.86. The number of nitrogens with two attached hydrogens (primary N) is 1. The van der Waals surface area contributed by atoms with Crippen LogP contribution < -0.4 is 5.73 Å². The molecule has 2 aromatic rings. The third kappa shape index (κ3) is 2.60. The molecular formula is C17H18FNS. The zero-order chi connectivity index (χ0) is 14.1. The number of fused-ring (bicyclic) bond motifs is 1. The Kier molecular flexibility index (Phi) is 3.81. The van der Waals surface area contributed by atoms with Crippen molar-refractivity contribution in [3.8, 4) is 0 Å². The number of rotatable bonds is 2. The van der Waals surface area contributed by atoms with E-state index in [0.717, 1.165) is 11.3 Å². The molecule has 0 radical (unpaired) electrons. The first-order valence-corrected chi connectivity index (χ1v) is 7.80. The summed E-state index contributed by atoms with van der Waals surface area (Å²) < 4.78 is 13.3. The fourth-order valence-electron chi connectivity index (χ4n) is 2.92. The van der Waals surface area contributed by atoms with Crippen LogP contribution in [0.4, 0.5) is 4.39 Å². The molecule has 104 valence electrons. The van der Waals surface area contributed by atoms with Crippen molar-refractivity contribution in [2.24, 2.45) is 5.73 Å². The molecular weight excluding hydrogens is 269 g/mol. The van der Waals surface area contributed by atoms with Gasteiger partial charge in [-0.2, -0.15) is 0 Å². The molecule has 0 aliphatic heterocycles. The maximum atomic E-state index is 13.3. The first-order valence-electron chi connectivity index (χ1n) is 6.92. The lowest BCUT2D eigenvalue weighted by atomic mass is 9.81. The Labute approximate surface area is 123 Å². The normalized spacial score (nSPS) is 25.2. The van der Waals surface area contributed by atoms with Gasteiger partial charge in [-0.1, -0.05) is 37.3 Å². The van der Waals surface area contributed by atoms with Crippen LogP contribution in [0.2, 0.25) is 0 Å². The van der Waals surface area contributed by atoms with E-state index in [4.69, 9.17) is 5.73 Å². The molecule has 3 atom stereocenters. The molecule has 1 nitrogen and oxygen atoms in total. The highest BCUT2D eigenvalue weighted by Crippen LogP contribution is 2.43. The van der Waals surface area contributed by atoms with Gasteiger partial charge in [0.05, 0.1) is 0 Å². The van der Waals surface area contributed by atoms with Gasteiger partial charge in [-0.25, -0.2) is 4.39 Å². The molecule has 0 saturated carbocycles. The van der Waals surface area contributed by atoms with Crippen LogP contribution in [0.25, 0.3) is 0 Å². The summed E-state index contributed by atoms with van der Waals surface area (Å²) in [5, 5.41) is 0.293. The van der Waals surface area contributed by atoms with Crippen molar-refractivity contribution in [3.63, 3.8) is 0 Å². The minimum atomic E-state index is -0.187. The highest BCUT2D eigenvalue weighted by atomic mass is 32.2. The van der Waals surface area contributed by atoms with Crippen LogP contribution >= 0.6 is 11.8 Å². The second-order valence-electron chi connectivity index (χ2n) is 5.41. The van der Waals surface area contributed by atoms with E-state index < -0.39 is 0 Å². The number of thioether (sulfide) groups is 1. The molecule has 2 aromatic carbocycles. The summed E-state index contributed by atoms with van der Waals surface area (Å²) in [5.41, 5.74) is 9.02. The average molecular weight is 287 g/mol. The Bertz CT molecular complexity index is 613. The molecule has 20 heavy (non-hydrogen) atoms. The number of benzene rings is 2. The first-order chi connectivity index (χ1) is 9.65. The summed E-state index contributed by atoms with van der Waals surface area (Å²) in [6.07, 6.45) is 1.03. The molecule has 3 heteroatoms. The zero-order valence-corrected chi connectivity index (χ0v) is 12.2. The van der Waals surface area contributed by atoms with Crippen molar-refractivity contribution in [1.82, 2.24) is 0 Å². The predicted octanol–water partition coefficient (Wildman–Crippen LogP) is 4.49. The van der Waals surface area contributed by atoms with E-state index in [1.807, 2.05) is 12.1 Å². The van der Waals surface area contributed by atoms with Crippen LogP contribution in [0.3, 0.4) is 0 Å². The van der Waals surface area contributed by atoms with Crippen molar-refractivity contribution in [2.45, 2.75) is 35.4 Å². The summed E-state index contributed by atoms with van der Waals surface area (Å²) in [6, 6.07) is 15.2. The second-order valence-corrected chi connectivity index (χ2v) is 6.72. The van der Waals surface area contributed by atoms with Crippen molar-refractivity contribution in [3.05, 3.63) is 65.5 Å². The largest absolute Gasteiger partial charge is 0.323 e. The van der Waals surface area contributed by atoms with Crippen LogP contribution in [0.5, 0.6) is 0 Å². The van der Waals surface area contributed by atoms with Gasteiger partial charge in [-0.15, -0.1) is 11.8 Å². The van der Waals surface area contributed by atoms with E-state index in [-0.39, 0.29) is 11.9 Å². The van der Waals surface area contributed by atoms with E-state index in [1.54, 1.807) is 23.9 Å². The fourth-order valence-corrected chi connectivity index (χ4v) is 4.29. The van der Waals surface area contributed by atoms with Gasteiger partial charge in [-0.05, 0) is 41.7 Å². The SMILES string of the molecule is CC1CC(Sc2cccc(F)c2)C(N)c2ccccc21. The van der Waals surface area contributed by atoms with Crippen LogP contribution in [0.15, 0.2) is 53.4 Å².